The summed E-state index contributed by atoms with van der Waals surface area (Å²) in [5.41, 5.74) is 3.47. The lowest BCUT2D eigenvalue weighted by Gasteiger charge is -2.17. The highest BCUT2D eigenvalue weighted by Gasteiger charge is 2.19. The molecule has 2 nitrogen and oxygen atoms in total. The second kappa shape index (κ2) is 5.96. The van der Waals surface area contributed by atoms with Gasteiger partial charge in [0.1, 0.15) is 0 Å². The number of hydrogen-bond acceptors (Lipinski definition) is 2. The van der Waals surface area contributed by atoms with E-state index in [1.54, 1.807) is 0 Å². The lowest BCUT2D eigenvalue weighted by molar-refractivity contribution is 0.592. The number of rotatable bonds is 2. The molecule has 1 fully saturated rings. The van der Waals surface area contributed by atoms with E-state index in [0.29, 0.717) is 5.92 Å². The Kier molecular flexibility index (Phi) is 3.87. The quantitative estimate of drug-likeness (QED) is 0.731. The van der Waals surface area contributed by atoms with Crippen molar-refractivity contribution in [2.75, 3.05) is 0 Å². The molecular weight excluding hydrogens is 232 g/mol. The SMILES string of the molecule is c1ccc(-c2ncccc2C2CCCCCC2)nc1. The summed E-state index contributed by atoms with van der Waals surface area (Å²) in [4.78, 5) is 9.06. The van der Waals surface area contributed by atoms with Crippen molar-refractivity contribution in [3.05, 3.63) is 48.3 Å². The Morgan fingerprint density at radius 1 is 0.789 bits per heavy atom. The van der Waals surface area contributed by atoms with E-state index in [4.69, 9.17) is 0 Å². The first-order valence-electron chi connectivity index (χ1n) is 7.31. The fraction of sp³-hybridized carbons (Fsp3) is 0.412. The fourth-order valence-electron chi connectivity index (χ4n) is 3.05. The highest BCUT2D eigenvalue weighted by molar-refractivity contribution is 5.59. The predicted molar refractivity (Wildman–Crippen MR) is 77.9 cm³/mol. The van der Waals surface area contributed by atoms with Crippen LogP contribution in [0.3, 0.4) is 0 Å². The molecule has 1 saturated carbocycles. The highest BCUT2D eigenvalue weighted by atomic mass is 14.8. The summed E-state index contributed by atoms with van der Waals surface area (Å²) in [6, 6.07) is 10.4. The van der Waals surface area contributed by atoms with Gasteiger partial charge in [0.2, 0.25) is 0 Å². The highest BCUT2D eigenvalue weighted by Crippen LogP contribution is 2.35. The molecule has 0 aliphatic heterocycles. The van der Waals surface area contributed by atoms with Gasteiger partial charge in [0.25, 0.3) is 0 Å². The Morgan fingerprint density at radius 2 is 1.58 bits per heavy atom. The van der Waals surface area contributed by atoms with Crippen molar-refractivity contribution >= 4 is 0 Å². The minimum Gasteiger partial charge on any atom is -0.255 e. The molecule has 0 radical (unpaired) electrons. The molecule has 2 heteroatoms. The minimum atomic E-state index is 0.660. The molecule has 0 atom stereocenters. The van der Waals surface area contributed by atoms with Gasteiger partial charge in [0, 0.05) is 12.4 Å². The van der Waals surface area contributed by atoms with Gasteiger partial charge in [0.15, 0.2) is 0 Å². The number of pyridine rings is 2. The number of nitrogens with zero attached hydrogens (tertiary/aromatic N) is 2. The van der Waals surface area contributed by atoms with E-state index in [0.717, 1.165) is 11.4 Å². The normalized spacial score (nSPS) is 17.1. The summed E-state index contributed by atoms with van der Waals surface area (Å²) in [5.74, 6) is 0.660. The Morgan fingerprint density at radius 3 is 2.32 bits per heavy atom. The fourth-order valence-corrected chi connectivity index (χ4v) is 3.05. The van der Waals surface area contributed by atoms with Crippen LogP contribution in [0.5, 0.6) is 0 Å². The van der Waals surface area contributed by atoms with Crippen LogP contribution in [0.1, 0.15) is 50.0 Å². The Bertz CT molecular complexity index is 514. The summed E-state index contributed by atoms with van der Waals surface area (Å²) in [6.07, 6.45) is 11.8. The Hall–Kier alpha value is -1.70. The summed E-state index contributed by atoms with van der Waals surface area (Å²) >= 11 is 0. The van der Waals surface area contributed by atoms with Gasteiger partial charge in [-0.25, -0.2) is 0 Å². The van der Waals surface area contributed by atoms with Crippen LogP contribution in [0.4, 0.5) is 0 Å². The monoisotopic (exact) mass is 252 g/mol. The van der Waals surface area contributed by atoms with Crippen molar-refractivity contribution < 1.29 is 0 Å². The van der Waals surface area contributed by atoms with Crippen LogP contribution in [0.15, 0.2) is 42.7 Å². The summed E-state index contributed by atoms with van der Waals surface area (Å²) in [6.45, 7) is 0. The van der Waals surface area contributed by atoms with E-state index in [1.165, 1.54) is 44.1 Å². The summed E-state index contributed by atoms with van der Waals surface area (Å²) in [7, 11) is 0. The molecule has 98 valence electrons. The molecule has 0 aromatic carbocycles. The first-order valence-corrected chi connectivity index (χ1v) is 7.31. The Balaban J connectivity index is 1.97. The first-order chi connectivity index (χ1) is 9.45. The second-order valence-corrected chi connectivity index (χ2v) is 5.34. The third-order valence-corrected chi connectivity index (χ3v) is 4.04. The molecule has 0 spiro atoms. The van der Waals surface area contributed by atoms with Gasteiger partial charge in [0.05, 0.1) is 11.4 Å². The third kappa shape index (κ3) is 2.83. The smallest absolute Gasteiger partial charge is 0.0920 e. The molecule has 3 rings (SSSR count). The van der Waals surface area contributed by atoms with Gasteiger partial charge < -0.3 is 0 Å². The van der Waals surface area contributed by atoms with E-state index in [1.807, 2.05) is 24.5 Å². The minimum absolute atomic E-state index is 0.660. The molecule has 19 heavy (non-hydrogen) atoms. The molecule has 1 aliphatic carbocycles. The lowest BCUT2D eigenvalue weighted by Crippen LogP contribution is -2.02. The zero-order valence-corrected chi connectivity index (χ0v) is 11.3. The van der Waals surface area contributed by atoms with Gasteiger partial charge in [-0.1, -0.05) is 37.8 Å². The average molecular weight is 252 g/mol. The van der Waals surface area contributed by atoms with Crippen LogP contribution < -0.4 is 0 Å². The van der Waals surface area contributed by atoms with Gasteiger partial charge in [-0.3, -0.25) is 9.97 Å². The predicted octanol–water partition coefficient (Wildman–Crippen LogP) is 4.58. The molecule has 2 aromatic heterocycles. The van der Waals surface area contributed by atoms with E-state index in [9.17, 15) is 0 Å². The summed E-state index contributed by atoms with van der Waals surface area (Å²) < 4.78 is 0. The van der Waals surface area contributed by atoms with Crippen molar-refractivity contribution in [1.82, 2.24) is 9.97 Å². The van der Waals surface area contributed by atoms with E-state index in [-0.39, 0.29) is 0 Å². The van der Waals surface area contributed by atoms with Crippen LogP contribution in [0.2, 0.25) is 0 Å². The van der Waals surface area contributed by atoms with E-state index >= 15 is 0 Å². The average Bonchev–Trinajstić information content (AvgIpc) is 2.77. The molecule has 0 unspecified atom stereocenters. The number of aromatic nitrogens is 2. The van der Waals surface area contributed by atoms with Crippen molar-refractivity contribution in [2.24, 2.45) is 0 Å². The van der Waals surface area contributed by atoms with Gasteiger partial charge in [-0.05, 0) is 42.5 Å². The first kappa shape index (κ1) is 12.3. The molecule has 0 N–H and O–H groups in total. The molecule has 2 aromatic rings. The van der Waals surface area contributed by atoms with Crippen molar-refractivity contribution in [1.29, 1.82) is 0 Å². The zero-order chi connectivity index (χ0) is 12.9. The molecule has 1 aliphatic rings. The standard InChI is InChI=1S/C17H20N2/c1-2-4-9-14(8-3-1)15-10-7-13-19-17(15)16-11-5-6-12-18-16/h5-7,10-14H,1-4,8-9H2. The van der Waals surface area contributed by atoms with Crippen LogP contribution in [0, 0.1) is 0 Å². The molecular formula is C17H20N2. The second-order valence-electron chi connectivity index (χ2n) is 5.34. The van der Waals surface area contributed by atoms with E-state index < -0.39 is 0 Å². The zero-order valence-electron chi connectivity index (χ0n) is 11.3. The van der Waals surface area contributed by atoms with E-state index in [2.05, 4.69) is 28.2 Å². The van der Waals surface area contributed by atoms with Crippen LogP contribution >= 0.6 is 0 Å². The van der Waals surface area contributed by atoms with Crippen LogP contribution in [-0.2, 0) is 0 Å². The third-order valence-electron chi connectivity index (χ3n) is 4.04. The topological polar surface area (TPSA) is 25.8 Å². The molecule has 0 saturated heterocycles. The largest absolute Gasteiger partial charge is 0.255 e. The Labute approximate surface area is 114 Å². The van der Waals surface area contributed by atoms with Gasteiger partial charge in [-0.2, -0.15) is 0 Å². The molecule has 0 bridgehead atoms. The number of hydrogen-bond donors (Lipinski definition) is 0. The van der Waals surface area contributed by atoms with Crippen molar-refractivity contribution in [3.63, 3.8) is 0 Å². The van der Waals surface area contributed by atoms with Crippen molar-refractivity contribution in [2.45, 2.75) is 44.4 Å². The maximum atomic E-state index is 4.59. The molecule has 2 heterocycles. The maximum Gasteiger partial charge on any atom is 0.0920 e. The lowest BCUT2D eigenvalue weighted by atomic mass is 9.90. The maximum absolute atomic E-state index is 4.59. The van der Waals surface area contributed by atoms with Gasteiger partial charge >= 0.3 is 0 Å². The molecule has 0 amide bonds. The van der Waals surface area contributed by atoms with Gasteiger partial charge in [-0.15, -0.1) is 0 Å². The van der Waals surface area contributed by atoms with Crippen LogP contribution in [0.25, 0.3) is 11.4 Å². The van der Waals surface area contributed by atoms with Crippen molar-refractivity contribution in [3.8, 4) is 11.4 Å². The van der Waals surface area contributed by atoms with Crippen LogP contribution in [-0.4, -0.2) is 9.97 Å². The summed E-state index contributed by atoms with van der Waals surface area (Å²) in [5, 5.41) is 0.